The molecular weight excluding hydrogens is 266 g/mol. The summed E-state index contributed by atoms with van der Waals surface area (Å²) >= 11 is 1.70. The molecule has 4 heteroatoms. The van der Waals surface area contributed by atoms with E-state index in [1.54, 1.807) is 11.3 Å². The molecule has 1 aliphatic rings. The summed E-state index contributed by atoms with van der Waals surface area (Å²) in [6.45, 7) is 4.42. The monoisotopic (exact) mass is 287 g/mol. The lowest BCUT2D eigenvalue weighted by Gasteiger charge is -2.30. The average Bonchev–Trinajstić information content (AvgIpc) is 2.89. The predicted molar refractivity (Wildman–Crippen MR) is 86.4 cm³/mol. The maximum Gasteiger partial charge on any atom is 0.0901 e. The Balaban J connectivity index is 1.64. The lowest BCUT2D eigenvalue weighted by atomic mass is 10.0. The van der Waals surface area contributed by atoms with Crippen molar-refractivity contribution in [3.05, 3.63) is 34.7 Å². The fourth-order valence-corrected chi connectivity index (χ4v) is 3.24. The van der Waals surface area contributed by atoms with Gasteiger partial charge in [0.2, 0.25) is 0 Å². The average molecular weight is 287 g/mol. The topological polar surface area (TPSA) is 28.2 Å². The third-order valence-corrected chi connectivity index (χ3v) is 4.66. The summed E-state index contributed by atoms with van der Waals surface area (Å²) in [4.78, 5) is 6.92. The Bertz CT molecular complexity index is 553. The van der Waals surface area contributed by atoms with Gasteiger partial charge in [-0.15, -0.1) is 11.3 Å². The highest BCUT2D eigenvalue weighted by Crippen LogP contribution is 2.24. The normalized spacial score (nSPS) is 17.3. The second-order valence-corrected chi connectivity index (χ2v) is 6.61. The number of thiazole rings is 1. The molecule has 1 aromatic heterocycles. The number of aryl methyl sites for hydroxylation is 1. The minimum absolute atomic E-state index is 0.610. The Hall–Kier alpha value is -1.39. The smallest absolute Gasteiger partial charge is 0.0901 e. The summed E-state index contributed by atoms with van der Waals surface area (Å²) in [5, 5.41) is 6.88. The van der Waals surface area contributed by atoms with Crippen LogP contribution < -0.4 is 5.32 Å². The number of nitrogens with one attached hydrogen (secondary N) is 1. The van der Waals surface area contributed by atoms with Crippen LogP contribution in [0.2, 0.25) is 0 Å². The van der Waals surface area contributed by atoms with Gasteiger partial charge in [0, 0.05) is 22.7 Å². The van der Waals surface area contributed by atoms with Crippen LogP contribution in [0.5, 0.6) is 0 Å². The van der Waals surface area contributed by atoms with Gasteiger partial charge in [-0.2, -0.15) is 0 Å². The standard InChI is InChI=1S/C16H21N3S/c1-12-17-16(11-20-12)13-3-5-14(6-4-13)18-15-7-9-19(2)10-8-15/h3-6,11,15,18H,7-10H2,1-2H3. The van der Waals surface area contributed by atoms with Crippen molar-refractivity contribution in [2.75, 3.05) is 25.5 Å². The fraction of sp³-hybridized carbons (Fsp3) is 0.438. The van der Waals surface area contributed by atoms with E-state index in [1.165, 1.54) is 37.2 Å². The second kappa shape index (κ2) is 5.94. The van der Waals surface area contributed by atoms with E-state index in [-0.39, 0.29) is 0 Å². The predicted octanol–water partition coefficient (Wildman–Crippen LogP) is 3.62. The Morgan fingerprint density at radius 1 is 1.20 bits per heavy atom. The summed E-state index contributed by atoms with van der Waals surface area (Å²) in [5.74, 6) is 0. The van der Waals surface area contributed by atoms with E-state index in [1.807, 2.05) is 6.92 Å². The van der Waals surface area contributed by atoms with Crippen LogP contribution in [0.25, 0.3) is 11.3 Å². The van der Waals surface area contributed by atoms with Crippen molar-refractivity contribution in [1.82, 2.24) is 9.88 Å². The number of rotatable bonds is 3. The van der Waals surface area contributed by atoms with Gasteiger partial charge < -0.3 is 10.2 Å². The molecule has 20 heavy (non-hydrogen) atoms. The Morgan fingerprint density at radius 3 is 2.50 bits per heavy atom. The SMILES string of the molecule is Cc1nc(-c2ccc(NC3CCN(C)CC3)cc2)cs1. The molecule has 0 amide bonds. The lowest BCUT2D eigenvalue weighted by molar-refractivity contribution is 0.264. The molecule has 0 radical (unpaired) electrons. The van der Waals surface area contributed by atoms with E-state index in [9.17, 15) is 0 Å². The molecule has 0 unspecified atom stereocenters. The Morgan fingerprint density at radius 2 is 1.90 bits per heavy atom. The van der Waals surface area contributed by atoms with E-state index < -0.39 is 0 Å². The summed E-state index contributed by atoms with van der Waals surface area (Å²) in [5.41, 5.74) is 3.50. The van der Waals surface area contributed by atoms with Crippen molar-refractivity contribution in [2.24, 2.45) is 0 Å². The molecule has 3 rings (SSSR count). The molecular formula is C16H21N3S. The molecule has 1 saturated heterocycles. The Labute approximate surface area is 124 Å². The zero-order valence-corrected chi connectivity index (χ0v) is 12.9. The van der Waals surface area contributed by atoms with E-state index in [0.29, 0.717) is 6.04 Å². The van der Waals surface area contributed by atoms with Crippen LogP contribution in [0.4, 0.5) is 5.69 Å². The number of hydrogen-bond donors (Lipinski definition) is 1. The molecule has 0 saturated carbocycles. The van der Waals surface area contributed by atoms with Crippen LogP contribution in [-0.4, -0.2) is 36.1 Å². The van der Waals surface area contributed by atoms with Crippen LogP contribution in [0.15, 0.2) is 29.6 Å². The third-order valence-electron chi connectivity index (χ3n) is 3.89. The molecule has 106 valence electrons. The number of anilines is 1. The maximum atomic E-state index is 4.53. The van der Waals surface area contributed by atoms with E-state index >= 15 is 0 Å². The van der Waals surface area contributed by atoms with Gasteiger partial charge in [-0.1, -0.05) is 12.1 Å². The molecule has 0 aliphatic carbocycles. The van der Waals surface area contributed by atoms with E-state index in [2.05, 4.69) is 51.9 Å². The zero-order valence-electron chi connectivity index (χ0n) is 12.1. The number of likely N-dealkylation sites (tertiary alicyclic amines) is 1. The van der Waals surface area contributed by atoms with Gasteiger partial charge in [0.1, 0.15) is 0 Å². The van der Waals surface area contributed by atoms with Gasteiger partial charge in [-0.05, 0) is 52.0 Å². The van der Waals surface area contributed by atoms with Gasteiger partial charge in [0.05, 0.1) is 10.7 Å². The van der Waals surface area contributed by atoms with Crippen LogP contribution in [0.1, 0.15) is 17.8 Å². The van der Waals surface area contributed by atoms with Crippen molar-refractivity contribution in [3.63, 3.8) is 0 Å². The van der Waals surface area contributed by atoms with Crippen molar-refractivity contribution < 1.29 is 0 Å². The Kier molecular flexibility index (Phi) is 4.03. The van der Waals surface area contributed by atoms with Gasteiger partial charge in [0.25, 0.3) is 0 Å². The van der Waals surface area contributed by atoms with Gasteiger partial charge in [-0.25, -0.2) is 4.98 Å². The summed E-state index contributed by atoms with van der Waals surface area (Å²) in [7, 11) is 2.20. The quantitative estimate of drug-likeness (QED) is 0.934. The zero-order chi connectivity index (χ0) is 13.9. The maximum absolute atomic E-state index is 4.53. The van der Waals surface area contributed by atoms with E-state index in [4.69, 9.17) is 0 Å². The first-order valence-electron chi connectivity index (χ1n) is 7.18. The van der Waals surface area contributed by atoms with Crippen molar-refractivity contribution in [1.29, 1.82) is 0 Å². The molecule has 2 heterocycles. The summed E-state index contributed by atoms with van der Waals surface area (Å²) < 4.78 is 0. The first-order valence-corrected chi connectivity index (χ1v) is 8.06. The number of benzene rings is 1. The first-order chi connectivity index (χ1) is 9.70. The molecule has 0 atom stereocenters. The molecule has 0 bridgehead atoms. The lowest BCUT2D eigenvalue weighted by Crippen LogP contribution is -2.36. The van der Waals surface area contributed by atoms with Gasteiger partial charge in [0.15, 0.2) is 0 Å². The molecule has 1 aromatic carbocycles. The molecule has 3 nitrogen and oxygen atoms in total. The minimum Gasteiger partial charge on any atom is -0.382 e. The number of aromatic nitrogens is 1. The van der Waals surface area contributed by atoms with Crippen LogP contribution in [0, 0.1) is 6.92 Å². The van der Waals surface area contributed by atoms with E-state index in [0.717, 1.165) is 10.7 Å². The van der Waals surface area contributed by atoms with Crippen LogP contribution in [-0.2, 0) is 0 Å². The molecule has 1 N–H and O–H groups in total. The van der Waals surface area contributed by atoms with Crippen LogP contribution in [0.3, 0.4) is 0 Å². The van der Waals surface area contributed by atoms with Crippen molar-refractivity contribution in [3.8, 4) is 11.3 Å². The molecule has 0 spiro atoms. The molecule has 2 aromatic rings. The first kappa shape index (κ1) is 13.6. The van der Waals surface area contributed by atoms with Crippen LogP contribution >= 0.6 is 11.3 Å². The highest BCUT2D eigenvalue weighted by molar-refractivity contribution is 7.09. The van der Waals surface area contributed by atoms with Crippen molar-refractivity contribution >= 4 is 17.0 Å². The summed E-state index contributed by atoms with van der Waals surface area (Å²) in [6, 6.07) is 9.26. The highest BCUT2D eigenvalue weighted by atomic mass is 32.1. The highest BCUT2D eigenvalue weighted by Gasteiger charge is 2.16. The van der Waals surface area contributed by atoms with Crippen molar-refractivity contribution in [2.45, 2.75) is 25.8 Å². The second-order valence-electron chi connectivity index (χ2n) is 5.55. The number of hydrogen-bond acceptors (Lipinski definition) is 4. The minimum atomic E-state index is 0.610. The van der Waals surface area contributed by atoms with Gasteiger partial charge in [-0.3, -0.25) is 0 Å². The van der Waals surface area contributed by atoms with Gasteiger partial charge >= 0.3 is 0 Å². The largest absolute Gasteiger partial charge is 0.382 e. The fourth-order valence-electron chi connectivity index (χ4n) is 2.62. The molecule has 1 aliphatic heterocycles. The number of nitrogens with zero attached hydrogens (tertiary/aromatic N) is 2. The summed E-state index contributed by atoms with van der Waals surface area (Å²) in [6.07, 6.45) is 2.45. The molecule has 1 fully saturated rings. The third kappa shape index (κ3) is 3.19. The number of piperidine rings is 1.